The lowest BCUT2D eigenvalue weighted by molar-refractivity contribution is -0.148. The lowest BCUT2D eigenvalue weighted by Gasteiger charge is -2.03. The lowest BCUT2D eigenvalue weighted by atomic mass is 10.0. The highest BCUT2D eigenvalue weighted by molar-refractivity contribution is 7.60. The maximum absolute atomic E-state index is 10.2. The van der Waals surface area contributed by atoms with E-state index >= 15 is 0 Å². The van der Waals surface area contributed by atoms with Gasteiger partial charge in [0.1, 0.15) is 0 Å². The Labute approximate surface area is 107 Å². The highest BCUT2D eigenvalue weighted by Crippen LogP contribution is 2.53. The molecule has 114 valence electrons. The minimum Gasteiger partial charge on any atom is -0.481 e. The molecule has 0 aliphatic carbocycles. The zero-order valence-corrected chi connectivity index (χ0v) is 11.4. The fourth-order valence-corrected chi connectivity index (χ4v) is 1.86. The fourth-order valence-electron chi connectivity index (χ4n) is 0.756. The second-order valence-corrected chi connectivity index (χ2v) is 5.72. The summed E-state index contributed by atoms with van der Waals surface area (Å²) in [5, 5.41) is 16.6. The molecule has 6 N–H and O–H groups in total. The minimum atomic E-state index is -5.05. The third-order valence-corrected chi connectivity index (χ3v) is 3.18. The Hall–Kier alpha value is -0.800. The van der Waals surface area contributed by atoms with E-state index in [9.17, 15) is 18.7 Å². The van der Waals surface area contributed by atoms with Gasteiger partial charge in [0.25, 0.3) is 0 Å². The molecule has 19 heavy (non-hydrogen) atoms. The van der Waals surface area contributed by atoms with Crippen molar-refractivity contribution in [3.8, 4) is 0 Å². The van der Waals surface area contributed by atoms with Crippen LogP contribution in [0.2, 0.25) is 0 Å². The molecule has 13 heteroatoms. The summed E-state index contributed by atoms with van der Waals surface area (Å²) < 4.78 is 22.2. The van der Waals surface area contributed by atoms with Gasteiger partial charge in [-0.1, -0.05) is 6.92 Å². The van der Waals surface area contributed by atoms with Gasteiger partial charge in [0.15, 0.2) is 0 Å². The van der Waals surface area contributed by atoms with Gasteiger partial charge in [0.2, 0.25) is 0 Å². The van der Waals surface area contributed by atoms with Crippen molar-refractivity contribution in [3.63, 3.8) is 0 Å². The van der Waals surface area contributed by atoms with Gasteiger partial charge in [0, 0.05) is 0 Å². The first-order valence-corrected chi connectivity index (χ1v) is 7.61. The largest absolute Gasteiger partial charge is 0.481 e. The van der Waals surface area contributed by atoms with Crippen LogP contribution in [-0.2, 0) is 23.0 Å². The Bertz CT molecular complexity index is 372. The molecule has 0 aromatic carbocycles. The molecule has 0 saturated heterocycles. The zero-order valence-electron chi connectivity index (χ0n) is 9.61. The van der Waals surface area contributed by atoms with Crippen LogP contribution in [0.3, 0.4) is 0 Å². The van der Waals surface area contributed by atoms with Crippen molar-refractivity contribution in [2.24, 2.45) is 5.92 Å². The summed E-state index contributed by atoms with van der Waals surface area (Å²) in [7, 11) is -10.1. The molecule has 0 aliphatic rings. The number of carboxylic acid groups (broad SMARTS) is 2. The first-order chi connectivity index (χ1) is 8.28. The smallest absolute Gasteiger partial charge is 0.478 e. The van der Waals surface area contributed by atoms with E-state index in [-0.39, 0.29) is 6.42 Å². The Morgan fingerprint density at radius 1 is 1.05 bits per heavy atom. The molecule has 0 aromatic rings. The number of aliphatic carboxylic acids is 2. The third-order valence-electron chi connectivity index (χ3n) is 1.48. The van der Waals surface area contributed by atoms with Crippen LogP contribution in [0.4, 0.5) is 0 Å². The van der Waals surface area contributed by atoms with Crippen LogP contribution in [0.1, 0.15) is 19.8 Å². The molecule has 0 rings (SSSR count). The molecule has 0 radical (unpaired) electrons. The quantitative estimate of drug-likeness (QED) is 0.352. The van der Waals surface area contributed by atoms with Crippen molar-refractivity contribution in [1.82, 2.24) is 0 Å². The summed E-state index contributed by atoms with van der Waals surface area (Å²) in [5.74, 6) is -2.84. The Balaban J connectivity index is 0. The van der Waals surface area contributed by atoms with E-state index in [4.69, 9.17) is 29.8 Å². The first kappa shape index (κ1) is 20.5. The number of hydrogen-bond donors (Lipinski definition) is 6. The van der Waals surface area contributed by atoms with E-state index in [0.29, 0.717) is 6.42 Å². The minimum absolute atomic E-state index is 0.286. The molecule has 0 bridgehead atoms. The summed E-state index contributed by atoms with van der Waals surface area (Å²) in [6.07, 6.45) is 0.0769. The van der Waals surface area contributed by atoms with Crippen LogP contribution in [0.25, 0.3) is 0 Å². The highest BCUT2D eigenvalue weighted by atomic mass is 31.3. The molecule has 0 aliphatic heterocycles. The topological polar surface area (TPSA) is 199 Å². The molecule has 11 nitrogen and oxygen atoms in total. The summed E-state index contributed by atoms with van der Waals surface area (Å²) in [6.45, 7) is 1.65. The number of hydrogen-bond acceptors (Lipinski definition) is 5. The van der Waals surface area contributed by atoms with Crippen LogP contribution in [0.5, 0.6) is 0 Å². The van der Waals surface area contributed by atoms with Gasteiger partial charge < -0.3 is 29.8 Å². The molecule has 1 unspecified atom stereocenters. The highest BCUT2D eigenvalue weighted by Gasteiger charge is 2.27. The van der Waals surface area contributed by atoms with Gasteiger partial charge in [-0.3, -0.25) is 9.59 Å². The summed E-state index contributed by atoms with van der Waals surface area (Å²) in [6, 6.07) is 0. The molecular weight excluding hydrogens is 310 g/mol. The summed E-state index contributed by atoms with van der Waals surface area (Å²) in [4.78, 5) is 51.2. The third kappa shape index (κ3) is 17.2. The molecule has 0 fully saturated rings. The van der Waals surface area contributed by atoms with Crippen LogP contribution < -0.4 is 0 Å². The Morgan fingerprint density at radius 2 is 1.42 bits per heavy atom. The van der Waals surface area contributed by atoms with Gasteiger partial charge >= 0.3 is 27.6 Å². The van der Waals surface area contributed by atoms with Gasteiger partial charge in [-0.15, -0.1) is 0 Å². The van der Waals surface area contributed by atoms with Crippen molar-refractivity contribution < 1.29 is 52.8 Å². The van der Waals surface area contributed by atoms with Gasteiger partial charge in [-0.05, 0) is 6.42 Å². The molecule has 0 heterocycles. The van der Waals surface area contributed by atoms with E-state index in [1.807, 2.05) is 0 Å². The monoisotopic (exact) mass is 324 g/mol. The van der Waals surface area contributed by atoms with Crippen LogP contribution >= 0.6 is 15.6 Å². The summed E-state index contributed by atoms with van der Waals surface area (Å²) in [5.41, 5.74) is 0. The normalized spacial score (nSPS) is 13.1. The predicted octanol–water partition coefficient (Wildman–Crippen LogP) is -0.240. The van der Waals surface area contributed by atoms with E-state index in [1.165, 1.54) is 0 Å². The van der Waals surface area contributed by atoms with E-state index in [2.05, 4.69) is 4.31 Å². The second kappa shape index (κ2) is 8.39. The average Bonchev–Trinajstić information content (AvgIpc) is 2.08. The van der Waals surface area contributed by atoms with Gasteiger partial charge in [-0.25, -0.2) is 9.13 Å². The van der Waals surface area contributed by atoms with E-state index < -0.39 is 33.5 Å². The van der Waals surface area contributed by atoms with Crippen molar-refractivity contribution in [1.29, 1.82) is 0 Å². The maximum Gasteiger partial charge on any atom is 0.478 e. The summed E-state index contributed by atoms with van der Waals surface area (Å²) >= 11 is 0. The molecular formula is C6H14O11P2. The van der Waals surface area contributed by atoms with Crippen molar-refractivity contribution in [2.45, 2.75) is 19.8 Å². The van der Waals surface area contributed by atoms with Gasteiger partial charge in [-0.2, -0.15) is 4.31 Å². The maximum atomic E-state index is 10.2. The molecule has 0 saturated carbocycles. The number of carboxylic acids is 2. The average molecular weight is 324 g/mol. The SMILES string of the molecule is CCC(CC(=O)O)C(=O)O.O=P(O)(O)OP(=O)(O)O. The van der Waals surface area contributed by atoms with Crippen LogP contribution in [0.15, 0.2) is 0 Å². The molecule has 1 atom stereocenters. The number of rotatable bonds is 6. The Kier molecular flexibility index (Phi) is 9.06. The fraction of sp³-hybridized carbons (Fsp3) is 0.667. The van der Waals surface area contributed by atoms with Crippen LogP contribution in [-0.4, -0.2) is 41.7 Å². The molecule has 0 spiro atoms. The van der Waals surface area contributed by atoms with Crippen molar-refractivity contribution in [2.75, 3.05) is 0 Å². The molecule has 0 amide bonds. The Morgan fingerprint density at radius 3 is 1.47 bits per heavy atom. The first-order valence-electron chi connectivity index (χ1n) is 4.55. The van der Waals surface area contributed by atoms with Gasteiger partial charge in [0.05, 0.1) is 12.3 Å². The lowest BCUT2D eigenvalue weighted by Crippen LogP contribution is -2.16. The standard InChI is InChI=1S/C6H10O4.H4O7P2/c1-2-4(6(9)10)3-5(7)8;1-8(2,3)7-9(4,5)6/h4H,2-3H2,1H3,(H,7,8)(H,9,10);(H2,1,2,3)(H2,4,5,6). The second-order valence-electron chi connectivity index (χ2n) is 3.10. The predicted molar refractivity (Wildman–Crippen MR) is 58.8 cm³/mol. The van der Waals surface area contributed by atoms with E-state index in [0.717, 1.165) is 0 Å². The number of carbonyl (C=O) groups is 2. The van der Waals surface area contributed by atoms with E-state index in [1.54, 1.807) is 6.92 Å². The number of phosphoric acid groups is 2. The zero-order chi connectivity index (χ0) is 15.9. The van der Waals surface area contributed by atoms with Crippen LogP contribution in [0, 0.1) is 5.92 Å². The van der Waals surface area contributed by atoms with Crippen molar-refractivity contribution >= 4 is 27.6 Å². The van der Waals surface area contributed by atoms with Crippen molar-refractivity contribution in [3.05, 3.63) is 0 Å². The molecule has 0 aromatic heterocycles.